The lowest BCUT2D eigenvalue weighted by Gasteiger charge is -2.25. The number of hydrogen-bond acceptors (Lipinski definition) is 4. The minimum atomic E-state index is 0.390. The van der Waals surface area contributed by atoms with Crippen LogP contribution >= 0.6 is 11.8 Å². The molecule has 0 saturated carbocycles. The van der Waals surface area contributed by atoms with Gasteiger partial charge in [-0.3, -0.25) is 4.68 Å². The van der Waals surface area contributed by atoms with Crippen molar-refractivity contribution in [3.8, 4) is 5.75 Å². The second-order valence-corrected chi connectivity index (χ2v) is 5.54. The van der Waals surface area contributed by atoms with Gasteiger partial charge in [-0.25, -0.2) is 0 Å². The first kappa shape index (κ1) is 11.5. The maximum atomic E-state index is 5.99. The van der Waals surface area contributed by atoms with Gasteiger partial charge in [-0.1, -0.05) is 18.2 Å². The van der Waals surface area contributed by atoms with Gasteiger partial charge in [0.05, 0.1) is 17.7 Å². The first-order chi connectivity index (χ1) is 8.75. The molecule has 2 N–H and O–H groups in total. The highest BCUT2D eigenvalue weighted by atomic mass is 32.2. The van der Waals surface area contributed by atoms with Gasteiger partial charge in [0.2, 0.25) is 0 Å². The summed E-state index contributed by atoms with van der Waals surface area (Å²) in [4.78, 5) is 1.04. The lowest BCUT2D eigenvalue weighted by molar-refractivity contribution is 0.286. The second-order valence-electron chi connectivity index (χ2n) is 4.30. The minimum Gasteiger partial charge on any atom is -0.493 e. The van der Waals surface area contributed by atoms with Crippen LogP contribution in [0.25, 0.3) is 0 Å². The number of fused-ring (bicyclic) bond motifs is 1. The molecule has 0 radical (unpaired) electrons. The summed E-state index contributed by atoms with van der Waals surface area (Å²) >= 11 is 1.77. The topological polar surface area (TPSA) is 53.1 Å². The average Bonchev–Trinajstić information content (AvgIpc) is 2.71. The molecule has 1 unspecified atom stereocenters. The largest absolute Gasteiger partial charge is 0.493 e. The molecule has 2 heterocycles. The van der Waals surface area contributed by atoms with Gasteiger partial charge in [0.1, 0.15) is 11.6 Å². The lowest BCUT2D eigenvalue weighted by Crippen LogP contribution is -2.12. The molecule has 2 aromatic rings. The molecule has 0 amide bonds. The van der Waals surface area contributed by atoms with Crippen molar-refractivity contribution >= 4 is 17.6 Å². The average molecular weight is 261 g/mol. The van der Waals surface area contributed by atoms with Gasteiger partial charge in [-0.15, -0.1) is 11.8 Å². The van der Waals surface area contributed by atoms with Crippen LogP contribution in [-0.2, 0) is 7.05 Å². The summed E-state index contributed by atoms with van der Waals surface area (Å²) in [6.07, 6.45) is 2.83. The molecule has 5 heteroatoms. The number of benzene rings is 1. The van der Waals surface area contributed by atoms with E-state index in [-0.39, 0.29) is 0 Å². The van der Waals surface area contributed by atoms with E-state index in [4.69, 9.17) is 10.5 Å². The second kappa shape index (κ2) is 4.57. The van der Waals surface area contributed by atoms with E-state index in [0.717, 1.165) is 29.5 Å². The van der Waals surface area contributed by atoms with Crippen LogP contribution in [0.5, 0.6) is 5.75 Å². The summed E-state index contributed by atoms with van der Waals surface area (Å²) in [6, 6.07) is 8.20. The molecule has 0 fully saturated rings. The summed E-state index contributed by atoms with van der Waals surface area (Å²) < 4.78 is 7.36. The summed E-state index contributed by atoms with van der Waals surface area (Å²) in [5, 5.41) is 4.57. The predicted octanol–water partition coefficient (Wildman–Crippen LogP) is 2.62. The maximum absolute atomic E-state index is 5.99. The van der Waals surface area contributed by atoms with E-state index in [9.17, 15) is 0 Å². The summed E-state index contributed by atoms with van der Waals surface area (Å²) in [7, 11) is 1.86. The van der Waals surface area contributed by atoms with Crippen molar-refractivity contribution < 1.29 is 4.74 Å². The molecule has 1 aromatic heterocycles. The Morgan fingerprint density at radius 2 is 2.28 bits per heavy atom. The summed E-state index contributed by atoms with van der Waals surface area (Å²) in [5.41, 5.74) is 7.24. The van der Waals surface area contributed by atoms with Crippen molar-refractivity contribution in [3.63, 3.8) is 0 Å². The fourth-order valence-corrected chi connectivity index (χ4v) is 3.31. The number of rotatable bonds is 2. The van der Waals surface area contributed by atoms with Crippen molar-refractivity contribution in [2.24, 2.45) is 7.05 Å². The molecule has 1 aromatic carbocycles. The van der Waals surface area contributed by atoms with E-state index < -0.39 is 0 Å². The van der Waals surface area contributed by atoms with Crippen LogP contribution in [0.1, 0.15) is 17.2 Å². The quantitative estimate of drug-likeness (QED) is 0.903. The zero-order valence-electron chi connectivity index (χ0n) is 10.2. The number of hydrogen-bond donors (Lipinski definition) is 1. The normalized spacial score (nSPS) is 18.2. The highest BCUT2D eigenvalue weighted by Gasteiger charge is 2.23. The van der Waals surface area contributed by atoms with Gasteiger partial charge < -0.3 is 10.5 Å². The standard InChI is InChI=1S/C13H15N3OS/c1-16-13(14)12(8-15-16)18-11-6-7-17-10-5-3-2-4-9(10)11/h2-5,8,11H,6-7,14H2,1H3. The van der Waals surface area contributed by atoms with Crippen LogP contribution in [0.3, 0.4) is 0 Å². The van der Waals surface area contributed by atoms with E-state index in [1.165, 1.54) is 5.56 Å². The molecule has 0 saturated heterocycles. The van der Waals surface area contributed by atoms with Gasteiger partial charge in [0.25, 0.3) is 0 Å². The number of anilines is 1. The number of para-hydroxylation sites is 1. The molecular formula is C13H15N3OS. The smallest absolute Gasteiger partial charge is 0.135 e. The Balaban J connectivity index is 1.89. The highest BCUT2D eigenvalue weighted by molar-refractivity contribution is 7.99. The number of nitrogens with zero attached hydrogens (tertiary/aromatic N) is 2. The first-order valence-electron chi connectivity index (χ1n) is 5.91. The van der Waals surface area contributed by atoms with E-state index in [1.54, 1.807) is 16.4 Å². The zero-order chi connectivity index (χ0) is 12.5. The monoisotopic (exact) mass is 261 g/mol. The molecule has 94 valence electrons. The van der Waals surface area contributed by atoms with Gasteiger partial charge in [-0.2, -0.15) is 5.10 Å². The zero-order valence-corrected chi connectivity index (χ0v) is 11.0. The molecule has 0 spiro atoms. The summed E-state index contributed by atoms with van der Waals surface area (Å²) in [5.74, 6) is 1.72. The lowest BCUT2D eigenvalue weighted by atomic mass is 10.1. The Morgan fingerprint density at radius 3 is 3.06 bits per heavy atom. The van der Waals surface area contributed by atoms with E-state index in [0.29, 0.717) is 5.25 Å². The number of nitrogen functional groups attached to an aromatic ring is 1. The van der Waals surface area contributed by atoms with Crippen LogP contribution in [-0.4, -0.2) is 16.4 Å². The van der Waals surface area contributed by atoms with Crippen LogP contribution in [0.4, 0.5) is 5.82 Å². The minimum absolute atomic E-state index is 0.390. The maximum Gasteiger partial charge on any atom is 0.135 e. The van der Waals surface area contributed by atoms with Gasteiger partial charge >= 0.3 is 0 Å². The predicted molar refractivity (Wildman–Crippen MR) is 72.8 cm³/mol. The third kappa shape index (κ3) is 1.95. The van der Waals surface area contributed by atoms with Crippen LogP contribution in [0.2, 0.25) is 0 Å². The van der Waals surface area contributed by atoms with E-state index >= 15 is 0 Å². The fraction of sp³-hybridized carbons (Fsp3) is 0.308. The van der Waals surface area contributed by atoms with Crippen molar-refractivity contribution in [1.29, 1.82) is 0 Å². The van der Waals surface area contributed by atoms with Crippen LogP contribution in [0.15, 0.2) is 35.4 Å². The molecule has 18 heavy (non-hydrogen) atoms. The number of ether oxygens (including phenoxy) is 1. The van der Waals surface area contributed by atoms with Crippen molar-refractivity contribution in [2.75, 3.05) is 12.3 Å². The molecule has 0 bridgehead atoms. The fourth-order valence-electron chi connectivity index (χ4n) is 2.10. The van der Waals surface area contributed by atoms with Crippen LogP contribution < -0.4 is 10.5 Å². The molecular weight excluding hydrogens is 246 g/mol. The first-order valence-corrected chi connectivity index (χ1v) is 6.79. The van der Waals surface area contributed by atoms with Crippen molar-refractivity contribution in [1.82, 2.24) is 9.78 Å². The van der Waals surface area contributed by atoms with Crippen LogP contribution in [0, 0.1) is 0 Å². The number of nitrogens with two attached hydrogens (primary N) is 1. The number of aromatic nitrogens is 2. The molecule has 1 aliphatic rings. The Hall–Kier alpha value is -1.62. The van der Waals surface area contributed by atoms with E-state index in [2.05, 4.69) is 11.2 Å². The third-order valence-electron chi connectivity index (χ3n) is 3.12. The molecule has 1 atom stereocenters. The Morgan fingerprint density at radius 1 is 1.44 bits per heavy atom. The van der Waals surface area contributed by atoms with Gasteiger partial charge in [0, 0.05) is 17.9 Å². The number of aryl methyl sites for hydroxylation is 1. The number of thioether (sulfide) groups is 1. The Bertz CT molecular complexity index is 567. The van der Waals surface area contributed by atoms with Crippen molar-refractivity contribution in [2.45, 2.75) is 16.6 Å². The highest BCUT2D eigenvalue weighted by Crippen LogP contribution is 2.45. The molecule has 3 rings (SSSR count). The molecule has 0 aliphatic carbocycles. The Labute approximate surface area is 110 Å². The molecule has 1 aliphatic heterocycles. The molecule has 4 nitrogen and oxygen atoms in total. The van der Waals surface area contributed by atoms with Gasteiger partial charge in [-0.05, 0) is 12.5 Å². The van der Waals surface area contributed by atoms with Gasteiger partial charge in [0.15, 0.2) is 0 Å². The third-order valence-corrected chi connectivity index (χ3v) is 4.46. The summed E-state index contributed by atoms with van der Waals surface area (Å²) in [6.45, 7) is 0.759. The van der Waals surface area contributed by atoms with E-state index in [1.807, 2.05) is 31.4 Å². The SMILES string of the molecule is Cn1ncc(SC2CCOc3ccccc32)c1N. The van der Waals surface area contributed by atoms with Crippen molar-refractivity contribution in [3.05, 3.63) is 36.0 Å². The Kier molecular flexibility index (Phi) is 2.91.